The highest BCUT2D eigenvalue weighted by molar-refractivity contribution is 5.65. The Morgan fingerprint density at radius 3 is 2.00 bits per heavy atom. The summed E-state index contributed by atoms with van der Waals surface area (Å²) in [5.41, 5.74) is 3.70. The molecule has 0 aliphatic rings. The Morgan fingerprint density at radius 2 is 1.40 bits per heavy atom. The van der Waals surface area contributed by atoms with Crippen molar-refractivity contribution in [3.05, 3.63) is 54.6 Å². The Labute approximate surface area is 90.8 Å². The first-order chi connectivity index (χ1) is 7.40. The fourth-order valence-electron chi connectivity index (χ4n) is 1.62. The van der Waals surface area contributed by atoms with E-state index in [2.05, 4.69) is 60.8 Å². The van der Waals surface area contributed by atoms with Crippen molar-refractivity contribution in [1.29, 1.82) is 0 Å². The standard InChI is InChI=1S/C14H15N/c1-2-15-14-10-8-13(9-11-14)12-6-4-3-5-7-12/h3-11,15H,2H2,1H3. The molecule has 0 saturated carbocycles. The van der Waals surface area contributed by atoms with Gasteiger partial charge in [0, 0.05) is 12.2 Å². The summed E-state index contributed by atoms with van der Waals surface area (Å²) in [4.78, 5) is 0. The van der Waals surface area contributed by atoms with E-state index in [1.54, 1.807) is 0 Å². The van der Waals surface area contributed by atoms with Crippen molar-refractivity contribution in [2.24, 2.45) is 0 Å². The van der Waals surface area contributed by atoms with Gasteiger partial charge in [-0.3, -0.25) is 0 Å². The van der Waals surface area contributed by atoms with Crippen molar-refractivity contribution in [2.45, 2.75) is 6.92 Å². The van der Waals surface area contributed by atoms with Gasteiger partial charge in [0.1, 0.15) is 0 Å². The van der Waals surface area contributed by atoms with Crippen molar-refractivity contribution < 1.29 is 0 Å². The highest BCUT2D eigenvalue weighted by Gasteiger charge is 1.95. The lowest BCUT2D eigenvalue weighted by atomic mass is 10.1. The third-order valence-electron chi connectivity index (χ3n) is 2.37. The van der Waals surface area contributed by atoms with Crippen LogP contribution < -0.4 is 5.32 Å². The largest absolute Gasteiger partial charge is 0.385 e. The van der Waals surface area contributed by atoms with Crippen molar-refractivity contribution in [3.63, 3.8) is 0 Å². The second-order valence-electron chi connectivity index (χ2n) is 3.47. The van der Waals surface area contributed by atoms with Gasteiger partial charge in [-0.05, 0) is 30.2 Å². The average molecular weight is 197 g/mol. The summed E-state index contributed by atoms with van der Waals surface area (Å²) in [7, 11) is 0. The van der Waals surface area contributed by atoms with Crippen LogP contribution in [0.2, 0.25) is 0 Å². The summed E-state index contributed by atoms with van der Waals surface area (Å²) in [6, 6.07) is 18.9. The Hall–Kier alpha value is -1.76. The molecule has 0 spiro atoms. The maximum atomic E-state index is 3.29. The van der Waals surface area contributed by atoms with Gasteiger partial charge in [-0.2, -0.15) is 0 Å². The first-order valence-corrected chi connectivity index (χ1v) is 5.29. The zero-order valence-electron chi connectivity index (χ0n) is 8.90. The van der Waals surface area contributed by atoms with E-state index in [1.807, 2.05) is 6.07 Å². The maximum Gasteiger partial charge on any atom is 0.0340 e. The molecule has 0 saturated heterocycles. The van der Waals surface area contributed by atoms with Gasteiger partial charge in [0.2, 0.25) is 0 Å². The number of hydrogen-bond donors (Lipinski definition) is 1. The van der Waals surface area contributed by atoms with Crippen molar-refractivity contribution in [3.8, 4) is 11.1 Å². The molecule has 0 radical (unpaired) electrons. The second-order valence-corrected chi connectivity index (χ2v) is 3.47. The molecule has 2 aromatic carbocycles. The van der Waals surface area contributed by atoms with Crippen LogP contribution >= 0.6 is 0 Å². The zero-order valence-corrected chi connectivity index (χ0v) is 8.90. The quantitative estimate of drug-likeness (QED) is 0.789. The second kappa shape index (κ2) is 4.65. The third kappa shape index (κ3) is 2.38. The Morgan fingerprint density at radius 1 is 0.800 bits per heavy atom. The van der Waals surface area contributed by atoms with Crippen LogP contribution in [-0.2, 0) is 0 Å². The fraction of sp³-hybridized carbons (Fsp3) is 0.143. The van der Waals surface area contributed by atoms with Crippen LogP contribution in [0.25, 0.3) is 11.1 Å². The summed E-state index contributed by atoms with van der Waals surface area (Å²) in [6.45, 7) is 3.07. The molecule has 1 heteroatoms. The van der Waals surface area contributed by atoms with Gasteiger partial charge in [-0.25, -0.2) is 0 Å². The molecule has 0 aromatic heterocycles. The summed E-state index contributed by atoms with van der Waals surface area (Å²) < 4.78 is 0. The lowest BCUT2D eigenvalue weighted by Gasteiger charge is -2.05. The van der Waals surface area contributed by atoms with E-state index in [9.17, 15) is 0 Å². The molecular weight excluding hydrogens is 182 g/mol. The molecular formula is C14H15N. The molecule has 76 valence electrons. The maximum absolute atomic E-state index is 3.29. The van der Waals surface area contributed by atoms with E-state index >= 15 is 0 Å². The normalized spacial score (nSPS) is 9.93. The SMILES string of the molecule is CCNc1ccc(-c2ccccc2)cc1. The van der Waals surface area contributed by atoms with Crippen LogP contribution in [0.3, 0.4) is 0 Å². The van der Waals surface area contributed by atoms with Crippen LogP contribution in [-0.4, -0.2) is 6.54 Å². The topological polar surface area (TPSA) is 12.0 Å². The molecule has 2 aromatic rings. The van der Waals surface area contributed by atoms with Gasteiger partial charge in [-0.1, -0.05) is 42.5 Å². The lowest BCUT2D eigenvalue weighted by molar-refractivity contribution is 1.21. The minimum absolute atomic E-state index is 0.963. The van der Waals surface area contributed by atoms with E-state index in [0.29, 0.717) is 0 Å². The molecule has 0 fully saturated rings. The molecule has 0 unspecified atom stereocenters. The monoisotopic (exact) mass is 197 g/mol. The van der Waals surface area contributed by atoms with Gasteiger partial charge in [0.15, 0.2) is 0 Å². The Kier molecular flexibility index (Phi) is 3.03. The number of anilines is 1. The van der Waals surface area contributed by atoms with Crippen LogP contribution in [0.1, 0.15) is 6.92 Å². The number of rotatable bonds is 3. The fourth-order valence-corrected chi connectivity index (χ4v) is 1.62. The van der Waals surface area contributed by atoms with Crippen LogP contribution in [0.4, 0.5) is 5.69 Å². The summed E-state index contributed by atoms with van der Waals surface area (Å²) >= 11 is 0. The lowest BCUT2D eigenvalue weighted by Crippen LogP contribution is -1.95. The van der Waals surface area contributed by atoms with E-state index in [4.69, 9.17) is 0 Å². The van der Waals surface area contributed by atoms with Crippen LogP contribution in [0, 0.1) is 0 Å². The van der Waals surface area contributed by atoms with E-state index in [1.165, 1.54) is 16.8 Å². The predicted molar refractivity (Wildman–Crippen MR) is 66.0 cm³/mol. The third-order valence-corrected chi connectivity index (χ3v) is 2.37. The number of benzene rings is 2. The summed E-state index contributed by atoms with van der Waals surface area (Å²) in [5.74, 6) is 0. The summed E-state index contributed by atoms with van der Waals surface area (Å²) in [5, 5.41) is 3.29. The van der Waals surface area contributed by atoms with E-state index < -0.39 is 0 Å². The molecule has 0 heterocycles. The molecule has 15 heavy (non-hydrogen) atoms. The molecule has 2 rings (SSSR count). The molecule has 0 aliphatic carbocycles. The smallest absolute Gasteiger partial charge is 0.0340 e. The molecule has 0 aliphatic heterocycles. The van der Waals surface area contributed by atoms with E-state index in [0.717, 1.165) is 6.54 Å². The number of nitrogens with one attached hydrogen (secondary N) is 1. The average Bonchev–Trinajstić information content (AvgIpc) is 2.32. The minimum atomic E-state index is 0.963. The molecule has 0 atom stereocenters. The molecule has 1 nitrogen and oxygen atoms in total. The minimum Gasteiger partial charge on any atom is -0.385 e. The van der Waals surface area contributed by atoms with Gasteiger partial charge in [0.05, 0.1) is 0 Å². The Balaban J connectivity index is 2.24. The Bertz CT molecular complexity index is 403. The van der Waals surface area contributed by atoms with Gasteiger partial charge in [-0.15, -0.1) is 0 Å². The van der Waals surface area contributed by atoms with Crippen molar-refractivity contribution in [2.75, 3.05) is 11.9 Å². The molecule has 1 N–H and O–H groups in total. The van der Waals surface area contributed by atoms with Gasteiger partial charge in [0.25, 0.3) is 0 Å². The van der Waals surface area contributed by atoms with Crippen LogP contribution in [0.5, 0.6) is 0 Å². The molecule has 0 bridgehead atoms. The molecule has 0 amide bonds. The number of hydrogen-bond acceptors (Lipinski definition) is 1. The predicted octanol–water partition coefficient (Wildman–Crippen LogP) is 3.79. The first kappa shape index (κ1) is 9.78. The van der Waals surface area contributed by atoms with Gasteiger partial charge >= 0.3 is 0 Å². The summed E-state index contributed by atoms with van der Waals surface area (Å²) in [6.07, 6.45) is 0. The van der Waals surface area contributed by atoms with Crippen molar-refractivity contribution >= 4 is 5.69 Å². The first-order valence-electron chi connectivity index (χ1n) is 5.29. The van der Waals surface area contributed by atoms with Gasteiger partial charge < -0.3 is 5.32 Å². The highest BCUT2D eigenvalue weighted by atomic mass is 14.8. The van der Waals surface area contributed by atoms with Crippen LogP contribution in [0.15, 0.2) is 54.6 Å². The zero-order chi connectivity index (χ0) is 10.5. The highest BCUT2D eigenvalue weighted by Crippen LogP contribution is 2.20. The van der Waals surface area contributed by atoms with Crippen molar-refractivity contribution in [1.82, 2.24) is 0 Å². The van der Waals surface area contributed by atoms with E-state index in [-0.39, 0.29) is 0 Å².